The first kappa shape index (κ1) is 26.6. The van der Waals surface area contributed by atoms with Crippen LogP contribution in [0.4, 0.5) is 4.39 Å². The van der Waals surface area contributed by atoms with Crippen LogP contribution < -0.4 is 5.32 Å². The Hall–Kier alpha value is -3.99. The highest BCUT2D eigenvalue weighted by atomic mass is 19.1. The third kappa shape index (κ3) is 5.73. The van der Waals surface area contributed by atoms with Gasteiger partial charge in [-0.15, -0.1) is 0 Å². The van der Waals surface area contributed by atoms with Crippen molar-refractivity contribution < 1.29 is 18.7 Å². The standard InChI is InChI=1S/C31H33FN4O3/c1-31(2,3)39-30(38)28-22-12-11-21(13-22)27(28)29(37)35-24(16-33)14-20-10-9-19(15-26(20)32)23-17-34-36(18-23)25-7-5-4-6-8-25/h4-10,15,17-18,21-22,24,27-28H,11-14H2,1-3H3,(H,35,37)/t21-,22+,24?,27+,28?/m0/s1. The van der Waals surface area contributed by atoms with E-state index in [1.807, 2.05) is 57.3 Å². The molecular weight excluding hydrogens is 495 g/mol. The number of nitrogens with zero attached hydrogens (tertiary/aromatic N) is 3. The minimum absolute atomic E-state index is 0.0234. The Balaban J connectivity index is 1.26. The molecule has 0 spiro atoms. The number of rotatable bonds is 7. The van der Waals surface area contributed by atoms with Crippen LogP contribution in [-0.2, 0) is 20.7 Å². The van der Waals surface area contributed by atoms with Gasteiger partial charge < -0.3 is 10.1 Å². The van der Waals surface area contributed by atoms with Crippen LogP contribution in [0.5, 0.6) is 0 Å². The molecular formula is C31H33FN4O3. The number of nitriles is 1. The SMILES string of the molecule is CC(C)(C)OC(=O)C1[C@@H]2CC[C@@H](C2)[C@H]1C(=O)NC(C#N)Cc1ccc(-c2cnn(-c3ccccc3)c2)cc1F. The molecule has 1 heterocycles. The molecule has 1 amide bonds. The summed E-state index contributed by atoms with van der Waals surface area (Å²) in [6, 6.07) is 15.7. The minimum atomic E-state index is -0.919. The second-order valence-electron chi connectivity index (χ2n) is 11.6. The monoisotopic (exact) mass is 528 g/mol. The van der Waals surface area contributed by atoms with Crippen molar-refractivity contribution in [3.63, 3.8) is 0 Å². The predicted octanol–water partition coefficient (Wildman–Crippen LogP) is 5.23. The minimum Gasteiger partial charge on any atom is -0.460 e. The summed E-state index contributed by atoms with van der Waals surface area (Å²) in [4.78, 5) is 26.3. The van der Waals surface area contributed by atoms with Gasteiger partial charge in [-0.25, -0.2) is 9.07 Å². The highest BCUT2D eigenvalue weighted by Gasteiger charge is 2.55. The lowest BCUT2D eigenvalue weighted by atomic mass is 9.78. The van der Waals surface area contributed by atoms with Gasteiger partial charge in [-0.3, -0.25) is 9.59 Å². The molecule has 39 heavy (non-hydrogen) atoms. The van der Waals surface area contributed by atoms with Crippen LogP contribution in [0.3, 0.4) is 0 Å². The molecule has 2 aliphatic rings. The summed E-state index contributed by atoms with van der Waals surface area (Å²) >= 11 is 0. The molecule has 0 aliphatic heterocycles. The van der Waals surface area contributed by atoms with E-state index in [1.54, 1.807) is 23.0 Å². The molecule has 2 aliphatic carbocycles. The molecule has 7 nitrogen and oxygen atoms in total. The zero-order chi connectivity index (χ0) is 27.7. The Bertz CT molecular complexity index is 1410. The van der Waals surface area contributed by atoms with Crippen LogP contribution >= 0.6 is 0 Å². The van der Waals surface area contributed by atoms with Crippen LogP contribution in [0.2, 0.25) is 0 Å². The topological polar surface area (TPSA) is 97.0 Å². The lowest BCUT2D eigenvalue weighted by Crippen LogP contribution is -2.46. The number of nitrogens with one attached hydrogen (secondary N) is 1. The highest BCUT2D eigenvalue weighted by Crippen LogP contribution is 2.53. The maximum absolute atomic E-state index is 15.1. The maximum atomic E-state index is 15.1. The summed E-state index contributed by atoms with van der Waals surface area (Å²) in [6.07, 6.45) is 6.14. The molecule has 2 unspecified atom stereocenters. The molecule has 8 heteroatoms. The second kappa shape index (κ2) is 10.6. The molecule has 2 bridgehead atoms. The first-order valence-electron chi connectivity index (χ1n) is 13.4. The number of halogens is 1. The fraction of sp³-hybridized carbons (Fsp3) is 0.419. The van der Waals surface area contributed by atoms with E-state index >= 15 is 4.39 Å². The molecule has 2 aromatic carbocycles. The van der Waals surface area contributed by atoms with E-state index < -0.39 is 29.3 Å². The van der Waals surface area contributed by atoms with E-state index in [2.05, 4.69) is 16.5 Å². The Morgan fingerprint density at radius 1 is 1.13 bits per heavy atom. The number of carbonyl (C=O) groups is 2. The molecule has 0 saturated heterocycles. The molecule has 0 radical (unpaired) electrons. The van der Waals surface area contributed by atoms with Gasteiger partial charge >= 0.3 is 5.97 Å². The summed E-state index contributed by atoms with van der Waals surface area (Å²) in [5, 5.41) is 17.0. The Morgan fingerprint density at radius 3 is 2.51 bits per heavy atom. The fourth-order valence-corrected chi connectivity index (χ4v) is 6.08. The third-order valence-electron chi connectivity index (χ3n) is 7.78. The molecule has 5 rings (SSSR count). The van der Waals surface area contributed by atoms with Crippen molar-refractivity contribution in [2.24, 2.45) is 23.7 Å². The average molecular weight is 529 g/mol. The Morgan fingerprint density at radius 2 is 1.85 bits per heavy atom. The number of aromatic nitrogens is 2. The van der Waals surface area contributed by atoms with E-state index in [0.717, 1.165) is 30.5 Å². The van der Waals surface area contributed by atoms with Crippen LogP contribution in [0, 0.1) is 40.8 Å². The molecule has 1 aromatic heterocycles. The van der Waals surface area contributed by atoms with Gasteiger partial charge in [0, 0.05) is 18.2 Å². The van der Waals surface area contributed by atoms with Gasteiger partial charge in [-0.1, -0.05) is 30.3 Å². The number of carbonyl (C=O) groups excluding carboxylic acids is 2. The maximum Gasteiger partial charge on any atom is 0.310 e. The number of fused-ring (bicyclic) bond motifs is 2. The van der Waals surface area contributed by atoms with Gasteiger partial charge in [0.2, 0.25) is 5.91 Å². The van der Waals surface area contributed by atoms with Gasteiger partial charge in [-0.2, -0.15) is 10.4 Å². The number of hydrogen-bond acceptors (Lipinski definition) is 5. The third-order valence-corrected chi connectivity index (χ3v) is 7.78. The van der Waals surface area contributed by atoms with Gasteiger partial charge in [-0.05, 0) is 81.2 Å². The van der Waals surface area contributed by atoms with Crippen LogP contribution in [0.1, 0.15) is 45.6 Å². The fourth-order valence-electron chi connectivity index (χ4n) is 6.08. The van der Waals surface area contributed by atoms with Crippen molar-refractivity contribution in [1.29, 1.82) is 5.26 Å². The zero-order valence-electron chi connectivity index (χ0n) is 22.4. The van der Waals surface area contributed by atoms with Crippen molar-refractivity contribution in [2.75, 3.05) is 0 Å². The zero-order valence-corrected chi connectivity index (χ0v) is 22.4. The number of amides is 1. The van der Waals surface area contributed by atoms with Crippen LogP contribution in [0.25, 0.3) is 16.8 Å². The molecule has 1 N–H and O–H groups in total. The van der Waals surface area contributed by atoms with Gasteiger partial charge in [0.15, 0.2) is 0 Å². The number of benzene rings is 2. The number of hydrogen-bond donors (Lipinski definition) is 1. The first-order valence-corrected chi connectivity index (χ1v) is 13.4. The van der Waals surface area contributed by atoms with Crippen molar-refractivity contribution in [1.82, 2.24) is 15.1 Å². The number of esters is 1. The number of ether oxygens (including phenoxy) is 1. The summed E-state index contributed by atoms with van der Waals surface area (Å²) < 4.78 is 22.5. The average Bonchev–Trinajstić information content (AvgIpc) is 3.65. The van der Waals surface area contributed by atoms with E-state index in [9.17, 15) is 14.9 Å². The van der Waals surface area contributed by atoms with E-state index in [4.69, 9.17) is 4.74 Å². The normalized spacial score (nSPS) is 22.7. The summed E-state index contributed by atoms with van der Waals surface area (Å²) in [5.41, 5.74) is 2.02. The summed E-state index contributed by atoms with van der Waals surface area (Å²) in [7, 11) is 0. The lowest BCUT2D eigenvalue weighted by Gasteiger charge is -2.31. The molecule has 5 atom stereocenters. The quantitative estimate of drug-likeness (QED) is 0.424. The molecule has 2 saturated carbocycles. The van der Waals surface area contributed by atoms with Gasteiger partial charge in [0.25, 0.3) is 0 Å². The molecule has 202 valence electrons. The second-order valence-corrected chi connectivity index (χ2v) is 11.6. The first-order chi connectivity index (χ1) is 18.6. The highest BCUT2D eigenvalue weighted by molar-refractivity contribution is 5.87. The molecule has 3 aromatic rings. The lowest BCUT2D eigenvalue weighted by molar-refractivity contribution is -0.166. The number of para-hydroxylation sites is 1. The van der Waals surface area contributed by atoms with Crippen molar-refractivity contribution in [3.05, 3.63) is 72.3 Å². The largest absolute Gasteiger partial charge is 0.460 e. The van der Waals surface area contributed by atoms with Crippen LogP contribution in [-0.4, -0.2) is 33.3 Å². The summed E-state index contributed by atoms with van der Waals surface area (Å²) in [6.45, 7) is 5.44. The predicted molar refractivity (Wildman–Crippen MR) is 144 cm³/mol. The Kier molecular flexibility index (Phi) is 7.26. The summed E-state index contributed by atoms with van der Waals surface area (Å²) in [5.74, 6) is -1.94. The van der Waals surface area contributed by atoms with E-state index in [-0.39, 0.29) is 30.1 Å². The van der Waals surface area contributed by atoms with Crippen molar-refractivity contribution in [3.8, 4) is 22.9 Å². The van der Waals surface area contributed by atoms with Crippen molar-refractivity contribution >= 4 is 11.9 Å². The molecule has 2 fully saturated rings. The smallest absolute Gasteiger partial charge is 0.310 e. The van der Waals surface area contributed by atoms with E-state index in [0.29, 0.717) is 11.1 Å². The Labute approximate surface area is 228 Å². The van der Waals surface area contributed by atoms with E-state index in [1.165, 1.54) is 6.07 Å². The van der Waals surface area contributed by atoms with Gasteiger partial charge in [0.1, 0.15) is 17.5 Å². The van der Waals surface area contributed by atoms with Crippen molar-refractivity contribution in [2.45, 2.75) is 58.1 Å². The van der Waals surface area contributed by atoms with Crippen LogP contribution in [0.15, 0.2) is 60.9 Å². The van der Waals surface area contributed by atoms with Gasteiger partial charge in [0.05, 0.1) is 29.8 Å².